The van der Waals surface area contributed by atoms with Crippen molar-refractivity contribution in [2.45, 2.75) is 6.92 Å². The molecule has 5 nitrogen and oxygen atoms in total. The quantitative estimate of drug-likeness (QED) is 0.826. The summed E-state index contributed by atoms with van der Waals surface area (Å²) in [7, 11) is 0. The highest BCUT2D eigenvalue weighted by atomic mass is 16.2. The van der Waals surface area contributed by atoms with E-state index in [1.807, 2.05) is 43.5 Å². The van der Waals surface area contributed by atoms with Crippen molar-refractivity contribution in [1.29, 1.82) is 0 Å². The van der Waals surface area contributed by atoms with Gasteiger partial charge >= 0.3 is 6.03 Å². The second kappa shape index (κ2) is 5.86. The SMILES string of the molecule is C=C(C)CNC(=O)Nc1ccc(-n2cccn2)cc1. The Morgan fingerprint density at radius 2 is 2.11 bits per heavy atom. The van der Waals surface area contributed by atoms with Gasteiger partial charge in [0, 0.05) is 24.6 Å². The molecule has 0 saturated carbocycles. The fourth-order valence-corrected chi connectivity index (χ4v) is 1.53. The molecule has 0 bridgehead atoms. The first kappa shape index (κ1) is 12.9. The number of anilines is 1. The zero-order chi connectivity index (χ0) is 13.7. The molecule has 0 unspecified atom stereocenters. The van der Waals surface area contributed by atoms with Crippen molar-refractivity contribution in [3.8, 4) is 5.69 Å². The summed E-state index contributed by atoms with van der Waals surface area (Å²) in [5.41, 5.74) is 2.58. The lowest BCUT2D eigenvalue weighted by molar-refractivity contribution is 0.253. The molecule has 0 radical (unpaired) electrons. The van der Waals surface area contributed by atoms with Gasteiger partial charge in [-0.1, -0.05) is 12.2 Å². The van der Waals surface area contributed by atoms with Crippen LogP contribution in [0, 0.1) is 0 Å². The predicted molar refractivity (Wildman–Crippen MR) is 75.4 cm³/mol. The fourth-order valence-electron chi connectivity index (χ4n) is 1.53. The monoisotopic (exact) mass is 256 g/mol. The summed E-state index contributed by atoms with van der Waals surface area (Å²) < 4.78 is 1.75. The van der Waals surface area contributed by atoms with Crippen LogP contribution in [0.2, 0.25) is 0 Å². The van der Waals surface area contributed by atoms with E-state index in [-0.39, 0.29) is 6.03 Å². The van der Waals surface area contributed by atoms with Crippen molar-refractivity contribution in [3.63, 3.8) is 0 Å². The summed E-state index contributed by atoms with van der Waals surface area (Å²) >= 11 is 0. The highest BCUT2D eigenvalue weighted by Gasteiger charge is 2.01. The minimum Gasteiger partial charge on any atom is -0.334 e. The molecule has 0 fully saturated rings. The smallest absolute Gasteiger partial charge is 0.319 e. The van der Waals surface area contributed by atoms with E-state index in [4.69, 9.17) is 0 Å². The molecule has 0 aliphatic rings. The Balaban J connectivity index is 1.95. The number of hydrogen-bond donors (Lipinski definition) is 2. The van der Waals surface area contributed by atoms with E-state index >= 15 is 0 Å². The van der Waals surface area contributed by atoms with Gasteiger partial charge in [0.2, 0.25) is 0 Å². The van der Waals surface area contributed by atoms with Crippen molar-refractivity contribution >= 4 is 11.7 Å². The Hall–Kier alpha value is -2.56. The topological polar surface area (TPSA) is 59.0 Å². The maximum Gasteiger partial charge on any atom is 0.319 e. The lowest BCUT2D eigenvalue weighted by Crippen LogP contribution is -2.29. The number of benzene rings is 1. The average molecular weight is 256 g/mol. The Morgan fingerprint density at radius 1 is 1.37 bits per heavy atom. The Bertz CT molecular complexity index is 558. The number of amides is 2. The predicted octanol–water partition coefficient (Wildman–Crippen LogP) is 2.57. The van der Waals surface area contributed by atoms with Crippen LogP contribution in [0.1, 0.15) is 6.92 Å². The van der Waals surface area contributed by atoms with Crippen LogP contribution in [0.5, 0.6) is 0 Å². The molecular weight excluding hydrogens is 240 g/mol. The number of hydrogen-bond acceptors (Lipinski definition) is 2. The summed E-state index contributed by atoms with van der Waals surface area (Å²) in [6.07, 6.45) is 3.58. The van der Waals surface area contributed by atoms with Crippen LogP contribution in [0.4, 0.5) is 10.5 Å². The maximum atomic E-state index is 11.5. The molecule has 2 aromatic rings. The molecular formula is C14H16N4O. The maximum absolute atomic E-state index is 11.5. The van der Waals surface area contributed by atoms with E-state index in [1.54, 1.807) is 10.9 Å². The molecule has 2 N–H and O–H groups in total. The molecule has 0 aliphatic carbocycles. The lowest BCUT2D eigenvalue weighted by Gasteiger charge is -2.08. The van der Waals surface area contributed by atoms with E-state index in [0.717, 1.165) is 16.9 Å². The van der Waals surface area contributed by atoms with Gasteiger partial charge in [0.1, 0.15) is 0 Å². The summed E-state index contributed by atoms with van der Waals surface area (Å²) in [5.74, 6) is 0. The molecule has 98 valence electrons. The van der Waals surface area contributed by atoms with Crippen LogP contribution in [0.25, 0.3) is 5.69 Å². The fraction of sp³-hybridized carbons (Fsp3) is 0.143. The molecule has 2 rings (SSSR count). The van der Waals surface area contributed by atoms with Crippen molar-refractivity contribution in [1.82, 2.24) is 15.1 Å². The van der Waals surface area contributed by atoms with Gasteiger partial charge in [-0.25, -0.2) is 9.48 Å². The second-order valence-electron chi connectivity index (χ2n) is 4.26. The minimum absolute atomic E-state index is 0.241. The van der Waals surface area contributed by atoms with Gasteiger partial charge < -0.3 is 10.6 Å². The highest BCUT2D eigenvalue weighted by molar-refractivity contribution is 5.89. The van der Waals surface area contributed by atoms with Crippen LogP contribution < -0.4 is 10.6 Å². The van der Waals surface area contributed by atoms with E-state index in [9.17, 15) is 4.79 Å². The summed E-state index contributed by atoms with van der Waals surface area (Å²) in [6, 6.07) is 9.06. The molecule has 0 saturated heterocycles. The molecule has 5 heteroatoms. The number of carbonyl (C=O) groups is 1. The molecule has 1 aromatic heterocycles. The van der Waals surface area contributed by atoms with Gasteiger partial charge in [0.15, 0.2) is 0 Å². The third-order valence-corrected chi connectivity index (χ3v) is 2.44. The zero-order valence-corrected chi connectivity index (χ0v) is 10.8. The standard InChI is InChI=1S/C14H16N4O/c1-11(2)10-15-14(19)17-12-4-6-13(7-5-12)18-9-3-8-16-18/h3-9H,1,10H2,2H3,(H2,15,17,19). The number of nitrogens with one attached hydrogen (secondary N) is 2. The average Bonchev–Trinajstić information content (AvgIpc) is 2.91. The lowest BCUT2D eigenvalue weighted by atomic mass is 10.3. The molecule has 0 aliphatic heterocycles. The van der Waals surface area contributed by atoms with Crippen LogP contribution in [-0.4, -0.2) is 22.4 Å². The molecule has 1 heterocycles. The van der Waals surface area contributed by atoms with Crippen LogP contribution >= 0.6 is 0 Å². The molecule has 0 atom stereocenters. The Kier molecular flexibility index (Phi) is 3.97. The van der Waals surface area contributed by atoms with E-state index in [2.05, 4.69) is 22.3 Å². The minimum atomic E-state index is -0.241. The van der Waals surface area contributed by atoms with Crippen LogP contribution in [-0.2, 0) is 0 Å². The summed E-state index contributed by atoms with van der Waals surface area (Å²) in [5, 5.41) is 9.59. The Labute approximate surface area is 111 Å². The summed E-state index contributed by atoms with van der Waals surface area (Å²) in [6.45, 7) is 6.05. The highest BCUT2D eigenvalue weighted by Crippen LogP contribution is 2.12. The Morgan fingerprint density at radius 3 is 2.68 bits per heavy atom. The number of carbonyl (C=O) groups excluding carboxylic acids is 1. The molecule has 2 amide bonds. The van der Waals surface area contributed by atoms with Crippen molar-refractivity contribution in [2.24, 2.45) is 0 Å². The zero-order valence-electron chi connectivity index (χ0n) is 10.8. The van der Waals surface area contributed by atoms with Crippen molar-refractivity contribution in [2.75, 3.05) is 11.9 Å². The first-order chi connectivity index (χ1) is 9.15. The number of nitrogens with zero attached hydrogens (tertiary/aromatic N) is 2. The second-order valence-corrected chi connectivity index (χ2v) is 4.26. The molecule has 1 aromatic carbocycles. The number of rotatable bonds is 4. The van der Waals surface area contributed by atoms with E-state index < -0.39 is 0 Å². The first-order valence-corrected chi connectivity index (χ1v) is 5.94. The molecule has 0 spiro atoms. The van der Waals surface area contributed by atoms with Gasteiger partial charge in [0.25, 0.3) is 0 Å². The first-order valence-electron chi connectivity index (χ1n) is 5.94. The van der Waals surface area contributed by atoms with E-state index in [0.29, 0.717) is 6.54 Å². The van der Waals surface area contributed by atoms with Gasteiger partial charge in [-0.2, -0.15) is 5.10 Å². The van der Waals surface area contributed by atoms with Crippen molar-refractivity contribution in [3.05, 3.63) is 54.9 Å². The van der Waals surface area contributed by atoms with Gasteiger partial charge in [-0.3, -0.25) is 0 Å². The van der Waals surface area contributed by atoms with E-state index in [1.165, 1.54) is 0 Å². The summed E-state index contributed by atoms with van der Waals surface area (Å²) in [4.78, 5) is 11.5. The van der Waals surface area contributed by atoms with Gasteiger partial charge in [0.05, 0.1) is 5.69 Å². The normalized spacial score (nSPS) is 9.95. The van der Waals surface area contributed by atoms with Crippen LogP contribution in [0.3, 0.4) is 0 Å². The van der Waals surface area contributed by atoms with Gasteiger partial charge in [-0.05, 0) is 37.3 Å². The number of aromatic nitrogens is 2. The number of urea groups is 1. The molecule has 19 heavy (non-hydrogen) atoms. The van der Waals surface area contributed by atoms with Crippen molar-refractivity contribution < 1.29 is 4.79 Å². The third kappa shape index (κ3) is 3.70. The third-order valence-electron chi connectivity index (χ3n) is 2.44. The largest absolute Gasteiger partial charge is 0.334 e. The van der Waals surface area contributed by atoms with Crippen LogP contribution in [0.15, 0.2) is 54.9 Å². The van der Waals surface area contributed by atoms with Gasteiger partial charge in [-0.15, -0.1) is 0 Å².